The van der Waals surface area contributed by atoms with Crippen molar-refractivity contribution in [2.45, 2.75) is 43.0 Å². The molecule has 0 amide bonds. The highest BCUT2D eigenvalue weighted by atomic mass is 16.6. The van der Waals surface area contributed by atoms with Crippen molar-refractivity contribution in [3.63, 3.8) is 0 Å². The molecule has 10 N–H and O–H groups in total. The lowest BCUT2D eigenvalue weighted by Gasteiger charge is -2.40. The van der Waals surface area contributed by atoms with Crippen molar-refractivity contribution in [1.29, 1.82) is 0 Å². The van der Waals surface area contributed by atoms with Gasteiger partial charge in [-0.3, -0.25) is 4.79 Å². The second kappa shape index (κ2) is 8.38. The first-order chi connectivity index (χ1) is 10.7. The van der Waals surface area contributed by atoms with Crippen LogP contribution in [0.5, 0.6) is 0 Å². The molecule has 0 bridgehead atoms. The van der Waals surface area contributed by atoms with Crippen molar-refractivity contribution < 1.29 is 35.1 Å². The molecule has 11 heteroatoms. The summed E-state index contributed by atoms with van der Waals surface area (Å²) in [6.45, 7) is -0.491. The van der Waals surface area contributed by atoms with E-state index in [1.165, 1.54) is 0 Å². The molecule has 1 heterocycles. The van der Waals surface area contributed by atoms with Crippen LogP contribution in [0.2, 0.25) is 0 Å². The van der Waals surface area contributed by atoms with Gasteiger partial charge in [-0.25, -0.2) is 4.99 Å². The summed E-state index contributed by atoms with van der Waals surface area (Å²) in [6, 6.07) is -0.950. The van der Waals surface area contributed by atoms with Gasteiger partial charge in [0.1, 0.15) is 24.4 Å². The molecule has 1 fully saturated rings. The number of aliphatic imine (C=N–C) groups is 1. The van der Waals surface area contributed by atoms with E-state index < -0.39 is 42.7 Å². The van der Waals surface area contributed by atoms with Crippen LogP contribution < -0.4 is 16.8 Å². The maximum Gasteiger partial charge on any atom is 0.320 e. The number of aliphatic hydroxyl groups is 4. The van der Waals surface area contributed by atoms with Gasteiger partial charge >= 0.3 is 5.97 Å². The third-order valence-electron chi connectivity index (χ3n) is 3.48. The van der Waals surface area contributed by atoms with Gasteiger partial charge in [0, 0.05) is 6.54 Å². The normalized spacial score (nSPS) is 33.3. The fourth-order valence-corrected chi connectivity index (χ4v) is 1.95. The molecule has 0 spiro atoms. The molecule has 0 aromatic carbocycles. The van der Waals surface area contributed by atoms with Crippen molar-refractivity contribution in [2.24, 2.45) is 16.5 Å². The Bertz CT molecular complexity index is 436. The van der Waals surface area contributed by atoms with Gasteiger partial charge < -0.3 is 47.1 Å². The van der Waals surface area contributed by atoms with Crippen LogP contribution in [0.3, 0.4) is 0 Å². The lowest BCUT2D eigenvalue weighted by Crippen LogP contribution is -2.62. The molecule has 0 aliphatic carbocycles. The molecule has 5 unspecified atom stereocenters. The van der Waals surface area contributed by atoms with Crippen LogP contribution in [0.15, 0.2) is 4.99 Å². The number of guanidine groups is 1. The van der Waals surface area contributed by atoms with E-state index >= 15 is 0 Å². The maximum atomic E-state index is 10.5. The van der Waals surface area contributed by atoms with E-state index in [-0.39, 0.29) is 19.0 Å². The summed E-state index contributed by atoms with van der Waals surface area (Å²) >= 11 is 0. The predicted molar refractivity (Wildman–Crippen MR) is 78.3 cm³/mol. The fraction of sp³-hybridized carbons (Fsp3) is 0.833. The summed E-state index contributed by atoms with van der Waals surface area (Å²) in [5.41, 5.74) is 10.9. The lowest BCUT2D eigenvalue weighted by molar-refractivity contribution is -0.315. The van der Waals surface area contributed by atoms with Gasteiger partial charge in [-0.2, -0.15) is 0 Å². The molecule has 134 valence electrons. The van der Waals surface area contributed by atoms with Gasteiger partial charge in [0.2, 0.25) is 5.79 Å². The van der Waals surface area contributed by atoms with Gasteiger partial charge in [-0.15, -0.1) is 0 Å². The highest BCUT2D eigenvalue weighted by molar-refractivity contribution is 5.77. The summed E-state index contributed by atoms with van der Waals surface area (Å²) in [7, 11) is 0. The van der Waals surface area contributed by atoms with Gasteiger partial charge in [0.25, 0.3) is 0 Å². The van der Waals surface area contributed by atoms with Crippen LogP contribution in [-0.2, 0) is 9.53 Å². The summed E-state index contributed by atoms with van der Waals surface area (Å²) in [4.78, 5) is 14.3. The number of carboxylic acids is 1. The average Bonchev–Trinajstić information content (AvgIpc) is 2.51. The zero-order valence-corrected chi connectivity index (χ0v) is 12.5. The Morgan fingerprint density at radius 3 is 2.70 bits per heavy atom. The number of aliphatic hydroxyl groups excluding tert-OH is 3. The van der Waals surface area contributed by atoms with E-state index in [0.717, 1.165) is 0 Å². The van der Waals surface area contributed by atoms with Gasteiger partial charge in [-0.1, -0.05) is 0 Å². The fourth-order valence-electron chi connectivity index (χ4n) is 1.95. The quantitative estimate of drug-likeness (QED) is 0.128. The topological polar surface area (TPSA) is 204 Å². The van der Waals surface area contributed by atoms with Gasteiger partial charge in [0.05, 0.1) is 13.2 Å². The molecule has 1 aliphatic rings. The first kappa shape index (κ1) is 19.5. The van der Waals surface area contributed by atoms with Crippen LogP contribution >= 0.6 is 0 Å². The summed E-state index contributed by atoms with van der Waals surface area (Å²) in [6.07, 6.45) is -3.90. The molecule has 0 aromatic rings. The molecule has 23 heavy (non-hydrogen) atoms. The molecule has 0 radical (unpaired) electrons. The van der Waals surface area contributed by atoms with Crippen LogP contribution in [0.4, 0.5) is 0 Å². The molecule has 1 rings (SSSR count). The number of nitrogens with one attached hydrogen (secondary N) is 1. The Morgan fingerprint density at radius 2 is 2.09 bits per heavy atom. The van der Waals surface area contributed by atoms with E-state index in [4.69, 9.17) is 21.3 Å². The SMILES string of the molecule is NC(=NCC1(O)OCC(O)C(O)C1O)NCCCC(N)C(=O)O. The molecule has 1 aliphatic heterocycles. The zero-order chi connectivity index (χ0) is 17.6. The highest BCUT2D eigenvalue weighted by Crippen LogP contribution is 2.24. The summed E-state index contributed by atoms with van der Waals surface area (Å²) < 4.78 is 4.92. The third kappa shape index (κ3) is 5.57. The predicted octanol–water partition coefficient (Wildman–Crippen LogP) is -4.12. The van der Waals surface area contributed by atoms with Crippen molar-refractivity contribution in [3.05, 3.63) is 0 Å². The van der Waals surface area contributed by atoms with Crippen LogP contribution in [0, 0.1) is 0 Å². The van der Waals surface area contributed by atoms with Crippen molar-refractivity contribution in [1.82, 2.24) is 5.32 Å². The standard InChI is InChI=1S/C12H24N4O7/c13-6(10(20)21)2-1-3-15-11(14)16-5-12(22)9(19)8(18)7(17)4-23-12/h6-9,17-19,22H,1-5,13H2,(H,20,21)(H3,14,15,16). The Balaban J connectivity index is 2.39. The number of nitrogens with zero attached hydrogens (tertiary/aromatic N) is 1. The molecular formula is C12H24N4O7. The minimum Gasteiger partial charge on any atom is -0.480 e. The van der Waals surface area contributed by atoms with Crippen LogP contribution in [0.25, 0.3) is 0 Å². The minimum absolute atomic E-state index is 0.0567. The Kier molecular flexibility index (Phi) is 7.12. The lowest BCUT2D eigenvalue weighted by atomic mass is 9.97. The zero-order valence-electron chi connectivity index (χ0n) is 12.5. The van der Waals surface area contributed by atoms with Crippen molar-refractivity contribution >= 4 is 11.9 Å². The van der Waals surface area contributed by atoms with Crippen molar-refractivity contribution in [3.8, 4) is 0 Å². The number of ether oxygens (including phenoxy) is 1. The maximum absolute atomic E-state index is 10.5. The number of hydrogen-bond acceptors (Lipinski definition) is 8. The van der Waals surface area contributed by atoms with E-state index in [1.807, 2.05) is 0 Å². The van der Waals surface area contributed by atoms with Gasteiger partial charge in [0.15, 0.2) is 5.96 Å². The van der Waals surface area contributed by atoms with Gasteiger partial charge in [-0.05, 0) is 12.8 Å². The highest BCUT2D eigenvalue weighted by Gasteiger charge is 2.48. The average molecular weight is 336 g/mol. The first-order valence-corrected chi connectivity index (χ1v) is 7.10. The molecule has 5 atom stereocenters. The molecule has 0 aromatic heterocycles. The third-order valence-corrected chi connectivity index (χ3v) is 3.48. The second-order valence-electron chi connectivity index (χ2n) is 5.37. The smallest absolute Gasteiger partial charge is 0.320 e. The second-order valence-corrected chi connectivity index (χ2v) is 5.37. The van der Waals surface area contributed by atoms with E-state index in [2.05, 4.69) is 10.3 Å². The van der Waals surface area contributed by atoms with Crippen LogP contribution in [0.1, 0.15) is 12.8 Å². The largest absolute Gasteiger partial charge is 0.480 e. The van der Waals surface area contributed by atoms with E-state index in [9.17, 15) is 25.2 Å². The molecular weight excluding hydrogens is 312 g/mol. The van der Waals surface area contributed by atoms with Crippen molar-refractivity contribution in [2.75, 3.05) is 19.7 Å². The number of aliphatic carboxylic acids is 1. The Labute approximate surface area is 132 Å². The number of hydrogen-bond donors (Lipinski definition) is 8. The number of nitrogens with two attached hydrogens (primary N) is 2. The summed E-state index contributed by atoms with van der Waals surface area (Å²) in [5, 5.41) is 49.9. The Morgan fingerprint density at radius 1 is 1.43 bits per heavy atom. The molecule has 11 nitrogen and oxygen atoms in total. The number of carboxylic acid groups (broad SMARTS) is 1. The molecule has 1 saturated heterocycles. The minimum atomic E-state index is -2.16. The first-order valence-electron chi connectivity index (χ1n) is 7.10. The van der Waals surface area contributed by atoms with Crippen LogP contribution in [-0.4, -0.2) is 87.3 Å². The Hall–Kier alpha value is -1.50. The van der Waals surface area contributed by atoms with E-state index in [1.54, 1.807) is 0 Å². The monoisotopic (exact) mass is 336 g/mol. The molecule has 0 saturated carbocycles. The number of carbonyl (C=O) groups is 1. The van der Waals surface area contributed by atoms with E-state index in [0.29, 0.717) is 13.0 Å². The summed E-state index contributed by atoms with van der Waals surface area (Å²) in [5.74, 6) is -3.30. The number of rotatable bonds is 7.